The molecule has 0 saturated carbocycles. The molecule has 10 nitrogen and oxygen atoms in total. The van der Waals surface area contributed by atoms with Crippen molar-refractivity contribution < 1.29 is 48.6 Å². The molecule has 1 aliphatic carbocycles. The van der Waals surface area contributed by atoms with Crippen molar-refractivity contribution in [1.82, 2.24) is 0 Å². The van der Waals surface area contributed by atoms with E-state index in [1.165, 1.54) is 0 Å². The second kappa shape index (κ2) is 14.3. The maximum atomic E-state index is 14.2. The molecule has 12 atom stereocenters. The summed E-state index contributed by atoms with van der Waals surface area (Å²) >= 11 is 0. The minimum atomic E-state index is -1.82. The van der Waals surface area contributed by atoms with Crippen LogP contribution >= 0.6 is 0 Å². The van der Waals surface area contributed by atoms with Crippen molar-refractivity contribution in [3.05, 3.63) is 58.7 Å². The van der Waals surface area contributed by atoms with Gasteiger partial charge in [-0.15, -0.1) is 0 Å². The van der Waals surface area contributed by atoms with Gasteiger partial charge in [0.25, 0.3) is 0 Å². The van der Waals surface area contributed by atoms with Gasteiger partial charge in [0.15, 0.2) is 0 Å². The van der Waals surface area contributed by atoms with Crippen molar-refractivity contribution in [3.8, 4) is 0 Å². The Balaban J connectivity index is 1.57. The molecule has 0 aromatic rings. The van der Waals surface area contributed by atoms with Gasteiger partial charge in [-0.25, -0.2) is 0 Å². The molecule has 4 heterocycles. The Morgan fingerprint density at radius 3 is 2.56 bits per heavy atom. The predicted molar refractivity (Wildman–Crippen MR) is 178 cm³/mol. The lowest BCUT2D eigenvalue weighted by Gasteiger charge is -2.54. The van der Waals surface area contributed by atoms with Gasteiger partial charge in [-0.2, -0.15) is 0 Å². The van der Waals surface area contributed by atoms with Crippen LogP contribution in [0.5, 0.6) is 0 Å². The summed E-state index contributed by atoms with van der Waals surface area (Å²) < 4.78 is 31.5. The van der Waals surface area contributed by atoms with Crippen LogP contribution in [0.15, 0.2) is 58.7 Å². The van der Waals surface area contributed by atoms with Crippen LogP contribution in [-0.2, 0) is 33.3 Å². The number of aliphatic hydroxyl groups excluding tert-OH is 2. The fourth-order valence-corrected chi connectivity index (χ4v) is 7.85. The first-order valence-electron chi connectivity index (χ1n) is 17.4. The zero-order valence-corrected chi connectivity index (χ0v) is 29.5. The molecule has 0 radical (unpaired) electrons. The van der Waals surface area contributed by atoms with Crippen molar-refractivity contribution >= 4 is 11.9 Å². The molecule has 10 heteroatoms. The second-order valence-corrected chi connectivity index (χ2v) is 14.9. The molecule has 3 fully saturated rings. The number of ether oxygens (including phenoxy) is 5. The van der Waals surface area contributed by atoms with Gasteiger partial charge in [-0.05, 0) is 63.2 Å². The molecule has 0 unspecified atom stereocenters. The second-order valence-electron chi connectivity index (χ2n) is 14.9. The van der Waals surface area contributed by atoms with Crippen LogP contribution in [0.3, 0.4) is 0 Å². The zero-order valence-electron chi connectivity index (χ0n) is 29.5. The fraction of sp³-hybridized carbons (Fsp3) is 0.684. The number of fused-ring (bicyclic) bond motifs is 2. The Morgan fingerprint density at radius 1 is 1.15 bits per heavy atom. The van der Waals surface area contributed by atoms with Gasteiger partial charge >= 0.3 is 11.9 Å². The lowest BCUT2D eigenvalue weighted by molar-refractivity contribution is -0.380. The molecule has 5 rings (SSSR count). The van der Waals surface area contributed by atoms with Crippen molar-refractivity contribution in [1.29, 1.82) is 0 Å². The zero-order chi connectivity index (χ0) is 35.1. The number of hydrogen-bond acceptors (Lipinski definition) is 10. The summed E-state index contributed by atoms with van der Waals surface area (Å²) in [5, 5.41) is 35.2. The van der Waals surface area contributed by atoms with Gasteiger partial charge in [0.2, 0.25) is 5.79 Å². The van der Waals surface area contributed by atoms with Crippen LogP contribution in [0.1, 0.15) is 81.1 Å². The fourth-order valence-electron chi connectivity index (χ4n) is 7.85. The lowest BCUT2D eigenvalue weighted by Crippen LogP contribution is -2.67. The maximum Gasteiger partial charge on any atom is 0.316 e. The average molecular weight is 671 g/mol. The quantitative estimate of drug-likeness (QED) is 0.288. The normalized spacial score (nSPS) is 45.3. The largest absolute Gasteiger partial charge is 0.462 e. The summed E-state index contributed by atoms with van der Waals surface area (Å²) in [5.41, 5.74) is 1.21. The summed E-state index contributed by atoms with van der Waals surface area (Å²) in [4.78, 5) is 27.1. The van der Waals surface area contributed by atoms with Crippen molar-refractivity contribution in [2.45, 2.75) is 135 Å². The van der Waals surface area contributed by atoms with E-state index in [4.69, 9.17) is 23.7 Å². The van der Waals surface area contributed by atoms with E-state index in [-0.39, 0.29) is 18.9 Å². The molecule has 0 amide bonds. The molecule has 1 spiro atoms. The van der Waals surface area contributed by atoms with E-state index in [9.17, 15) is 24.9 Å². The summed E-state index contributed by atoms with van der Waals surface area (Å²) in [6.45, 7) is 15.1. The van der Waals surface area contributed by atoms with Gasteiger partial charge in [-0.1, -0.05) is 69.7 Å². The van der Waals surface area contributed by atoms with Gasteiger partial charge in [0.1, 0.15) is 42.0 Å². The van der Waals surface area contributed by atoms with E-state index in [2.05, 4.69) is 19.9 Å². The third-order valence-electron chi connectivity index (χ3n) is 10.8. The van der Waals surface area contributed by atoms with Crippen LogP contribution in [0.2, 0.25) is 0 Å². The van der Waals surface area contributed by atoms with E-state index in [0.717, 1.165) is 17.6 Å². The third-order valence-corrected chi connectivity index (χ3v) is 10.8. The number of rotatable bonds is 3. The van der Waals surface area contributed by atoms with E-state index >= 15 is 0 Å². The smallest absolute Gasteiger partial charge is 0.316 e. The first-order chi connectivity index (χ1) is 22.6. The van der Waals surface area contributed by atoms with E-state index < -0.39 is 83.8 Å². The first-order valence-corrected chi connectivity index (χ1v) is 17.4. The van der Waals surface area contributed by atoms with Gasteiger partial charge < -0.3 is 39.0 Å². The van der Waals surface area contributed by atoms with Crippen LogP contribution < -0.4 is 0 Å². The SMILES string of the molecule is C/C=C(\C)[C@H]1O[C@@]2(C[C@@H]3C[C@@H](C/C=C(\C)C[C@@H](C)/C=C/C=C4\CO[C@@H]5[C@H](O)C(C)=C[C@@H](C(=O)O3)[C@]45O)O2)[C@H](O)[C@@H](OC(=O)C(C)C)[C@@H]1C. The number of carbonyl (C=O) groups is 2. The Kier molecular flexibility index (Phi) is 10.9. The highest BCUT2D eigenvalue weighted by Crippen LogP contribution is 2.48. The number of hydrogen-bond donors (Lipinski definition) is 3. The minimum Gasteiger partial charge on any atom is -0.462 e. The summed E-state index contributed by atoms with van der Waals surface area (Å²) in [5.74, 6) is -4.54. The van der Waals surface area contributed by atoms with E-state index in [1.807, 2.05) is 39.0 Å². The highest BCUT2D eigenvalue weighted by molar-refractivity contribution is 5.78. The molecule has 0 aromatic carbocycles. The standard InChI is InChI=1S/C38H54O10/c1-9-23(6)31-25(8)32(46-35(41)20(2)3)33(40)37(48-31)18-28-17-27(47-37)14-13-22(5)15-21(4)11-10-12-26-19-44-34-30(39)24(7)16-29(36(42)45-28)38(26,34)43/h9-13,16,20-21,25,27-34,39-40,43H,14-15,17-19H2,1-8H3/b11-10+,22-13+,23-9+,26-12+/t21-,25+,27+,28-,29-,30+,31+,32-,33+,34+,37-,38+/m0/s1. The van der Waals surface area contributed by atoms with Crippen LogP contribution in [0.25, 0.3) is 0 Å². The Bertz CT molecular complexity index is 1390. The van der Waals surface area contributed by atoms with Gasteiger partial charge in [0.05, 0.1) is 24.7 Å². The summed E-state index contributed by atoms with van der Waals surface area (Å²) in [6.07, 6.45) is 6.59. The molecule has 266 valence electrons. The van der Waals surface area contributed by atoms with E-state index in [0.29, 0.717) is 24.0 Å². The highest BCUT2D eigenvalue weighted by atomic mass is 16.7. The topological polar surface area (TPSA) is 141 Å². The summed E-state index contributed by atoms with van der Waals surface area (Å²) in [6, 6.07) is 0. The van der Waals surface area contributed by atoms with Crippen molar-refractivity contribution in [3.63, 3.8) is 0 Å². The molecule has 2 bridgehead atoms. The molecule has 3 N–H and O–H groups in total. The number of aliphatic hydroxyl groups is 3. The van der Waals surface area contributed by atoms with Crippen LogP contribution in [-0.4, -0.2) is 88.0 Å². The maximum absolute atomic E-state index is 14.2. The van der Waals surface area contributed by atoms with Gasteiger partial charge in [0, 0.05) is 18.8 Å². The van der Waals surface area contributed by atoms with E-state index in [1.54, 1.807) is 32.9 Å². The molecule has 4 aliphatic heterocycles. The van der Waals surface area contributed by atoms with Crippen molar-refractivity contribution in [2.75, 3.05) is 6.61 Å². The minimum absolute atomic E-state index is 0.0199. The predicted octanol–water partition coefficient (Wildman–Crippen LogP) is 4.63. The molecule has 48 heavy (non-hydrogen) atoms. The first kappa shape index (κ1) is 36.7. The number of carbonyl (C=O) groups excluding carboxylic acids is 2. The molecular formula is C38H54O10. The van der Waals surface area contributed by atoms with Crippen LogP contribution in [0, 0.1) is 23.7 Å². The molecular weight excluding hydrogens is 616 g/mol. The average Bonchev–Trinajstić information content (AvgIpc) is 3.37. The molecule has 0 aromatic heterocycles. The Labute approximate surface area is 284 Å². The third kappa shape index (κ3) is 6.89. The van der Waals surface area contributed by atoms with Crippen LogP contribution in [0.4, 0.5) is 0 Å². The lowest BCUT2D eigenvalue weighted by atomic mass is 9.71. The van der Waals surface area contributed by atoms with Crippen molar-refractivity contribution in [2.24, 2.45) is 23.7 Å². The molecule has 3 saturated heterocycles. The Morgan fingerprint density at radius 2 is 1.88 bits per heavy atom. The highest BCUT2D eigenvalue weighted by Gasteiger charge is 2.62. The van der Waals surface area contributed by atoms with Gasteiger partial charge in [-0.3, -0.25) is 9.59 Å². The monoisotopic (exact) mass is 670 g/mol. The number of allylic oxidation sites excluding steroid dienone is 5. The summed E-state index contributed by atoms with van der Waals surface area (Å²) in [7, 11) is 0. The molecule has 5 aliphatic rings. The number of esters is 2. The Hall–Kier alpha value is -2.60.